The molecule has 74 valence electrons. The fraction of sp³-hybridized carbons (Fsp3) is 0.364. The summed E-state index contributed by atoms with van der Waals surface area (Å²) in [7, 11) is 0. The van der Waals surface area contributed by atoms with Crippen molar-refractivity contribution in [2.45, 2.75) is 25.3 Å². The second-order valence-electron chi connectivity index (χ2n) is 3.57. The highest BCUT2D eigenvalue weighted by Crippen LogP contribution is 2.37. The third kappa shape index (κ3) is 1.65. The average Bonchev–Trinajstić information content (AvgIpc) is 2.29. The van der Waals surface area contributed by atoms with E-state index in [2.05, 4.69) is 14.9 Å². The van der Waals surface area contributed by atoms with Gasteiger partial charge in [0.15, 0.2) is 5.69 Å². The first-order chi connectivity index (χ1) is 7.36. The molecule has 1 aromatic rings. The Kier molecular flexibility index (Phi) is 2.57. The maximum atomic E-state index is 8.47. The number of azide groups is 1. The quantitative estimate of drug-likeness (QED) is 0.284. The highest BCUT2D eigenvalue weighted by atomic mass is 15.1. The van der Waals surface area contributed by atoms with E-state index in [1.807, 2.05) is 18.2 Å². The molecular formula is C11H10N4. The third-order valence-electron chi connectivity index (χ3n) is 2.76. The molecule has 1 aliphatic carbocycles. The van der Waals surface area contributed by atoms with Crippen LogP contribution in [-0.4, -0.2) is 0 Å². The fourth-order valence-electron chi connectivity index (χ4n) is 2.09. The van der Waals surface area contributed by atoms with E-state index in [-0.39, 0.29) is 6.04 Å². The Bertz CT molecular complexity index is 466. The van der Waals surface area contributed by atoms with Crippen LogP contribution in [0.5, 0.6) is 0 Å². The molecule has 1 aromatic carbocycles. The van der Waals surface area contributed by atoms with E-state index in [1.165, 1.54) is 0 Å². The maximum Gasteiger partial charge on any atom is 0.190 e. The Morgan fingerprint density at radius 2 is 2.33 bits per heavy atom. The molecule has 15 heavy (non-hydrogen) atoms. The summed E-state index contributed by atoms with van der Waals surface area (Å²) in [5.74, 6) is 0. The Morgan fingerprint density at radius 3 is 3.07 bits per heavy atom. The van der Waals surface area contributed by atoms with Gasteiger partial charge < -0.3 is 0 Å². The molecule has 0 bridgehead atoms. The van der Waals surface area contributed by atoms with Gasteiger partial charge in [-0.05, 0) is 35.9 Å². The van der Waals surface area contributed by atoms with Crippen LogP contribution in [0, 0.1) is 6.57 Å². The minimum Gasteiger partial charge on any atom is -0.238 e. The number of hydrogen-bond donors (Lipinski definition) is 0. The summed E-state index contributed by atoms with van der Waals surface area (Å²) < 4.78 is 0. The first-order valence-corrected chi connectivity index (χ1v) is 4.90. The van der Waals surface area contributed by atoms with Gasteiger partial charge >= 0.3 is 0 Å². The zero-order valence-electron chi connectivity index (χ0n) is 8.22. The van der Waals surface area contributed by atoms with E-state index >= 15 is 0 Å². The van der Waals surface area contributed by atoms with Crippen LogP contribution >= 0.6 is 0 Å². The van der Waals surface area contributed by atoms with Crippen LogP contribution in [-0.2, 0) is 6.42 Å². The lowest BCUT2D eigenvalue weighted by Gasteiger charge is -2.22. The van der Waals surface area contributed by atoms with Gasteiger partial charge in [-0.1, -0.05) is 23.3 Å². The molecule has 0 aliphatic heterocycles. The molecule has 0 spiro atoms. The van der Waals surface area contributed by atoms with Gasteiger partial charge in [0, 0.05) is 4.91 Å². The molecule has 1 atom stereocenters. The lowest BCUT2D eigenvalue weighted by molar-refractivity contribution is 0.569. The smallest absolute Gasteiger partial charge is 0.190 e. The summed E-state index contributed by atoms with van der Waals surface area (Å²) in [5.41, 5.74) is 11.3. The zero-order valence-corrected chi connectivity index (χ0v) is 8.22. The Balaban J connectivity index is 2.54. The lowest BCUT2D eigenvalue weighted by atomic mass is 9.87. The molecule has 1 aliphatic rings. The van der Waals surface area contributed by atoms with E-state index in [9.17, 15) is 0 Å². The van der Waals surface area contributed by atoms with Crippen molar-refractivity contribution < 1.29 is 0 Å². The SMILES string of the molecule is [C-]#[N+]c1cccc2c1CCC[C@@H]2N=[N+]=[N-]. The van der Waals surface area contributed by atoms with Gasteiger partial charge in [0.2, 0.25) is 0 Å². The molecule has 0 N–H and O–H groups in total. The van der Waals surface area contributed by atoms with Gasteiger partial charge in [-0.25, -0.2) is 4.85 Å². The molecule has 0 heterocycles. The van der Waals surface area contributed by atoms with Crippen molar-refractivity contribution in [2.75, 3.05) is 0 Å². The standard InChI is InChI=1S/C11H10N4/c1-13-10-6-2-5-9-8(10)4-3-7-11(9)14-15-12/h2,5-6,11H,3-4,7H2/t11-/m0/s1. The minimum atomic E-state index is -0.0829. The van der Waals surface area contributed by atoms with Gasteiger partial charge in [0.25, 0.3) is 0 Å². The van der Waals surface area contributed by atoms with Gasteiger partial charge in [0.05, 0.1) is 12.6 Å². The molecule has 0 saturated carbocycles. The number of hydrogen-bond acceptors (Lipinski definition) is 1. The second-order valence-corrected chi connectivity index (χ2v) is 3.57. The van der Waals surface area contributed by atoms with Crippen LogP contribution < -0.4 is 0 Å². The normalized spacial score (nSPS) is 18.5. The predicted octanol–water partition coefficient (Wildman–Crippen LogP) is 3.93. The Morgan fingerprint density at radius 1 is 1.47 bits per heavy atom. The molecule has 0 fully saturated rings. The summed E-state index contributed by atoms with van der Waals surface area (Å²) in [6, 6.07) is 5.56. The van der Waals surface area contributed by atoms with Crippen molar-refractivity contribution in [3.63, 3.8) is 0 Å². The van der Waals surface area contributed by atoms with Crippen molar-refractivity contribution in [2.24, 2.45) is 5.11 Å². The van der Waals surface area contributed by atoms with Crippen molar-refractivity contribution in [1.82, 2.24) is 0 Å². The minimum absolute atomic E-state index is 0.0829. The maximum absolute atomic E-state index is 8.47. The predicted molar refractivity (Wildman–Crippen MR) is 57.5 cm³/mol. The van der Waals surface area contributed by atoms with E-state index in [0.717, 1.165) is 30.4 Å². The average molecular weight is 198 g/mol. The van der Waals surface area contributed by atoms with Gasteiger partial charge in [0.1, 0.15) is 0 Å². The van der Waals surface area contributed by atoms with Crippen LogP contribution in [0.25, 0.3) is 15.3 Å². The van der Waals surface area contributed by atoms with Crippen LogP contribution in [0.4, 0.5) is 5.69 Å². The van der Waals surface area contributed by atoms with E-state index < -0.39 is 0 Å². The van der Waals surface area contributed by atoms with Crippen molar-refractivity contribution in [1.29, 1.82) is 0 Å². The molecule has 0 aromatic heterocycles. The number of nitrogens with zero attached hydrogens (tertiary/aromatic N) is 4. The second kappa shape index (κ2) is 4.04. The molecular weight excluding hydrogens is 188 g/mol. The van der Waals surface area contributed by atoms with E-state index in [4.69, 9.17) is 12.1 Å². The van der Waals surface area contributed by atoms with Crippen LogP contribution in [0.3, 0.4) is 0 Å². The first-order valence-electron chi connectivity index (χ1n) is 4.90. The third-order valence-corrected chi connectivity index (χ3v) is 2.76. The Labute approximate surface area is 88.0 Å². The molecule has 4 heteroatoms. The lowest BCUT2D eigenvalue weighted by Crippen LogP contribution is -2.07. The number of rotatable bonds is 1. The monoisotopic (exact) mass is 198 g/mol. The fourth-order valence-corrected chi connectivity index (χ4v) is 2.09. The van der Waals surface area contributed by atoms with Crippen molar-refractivity contribution >= 4 is 5.69 Å². The Hall–Kier alpha value is -1.98. The van der Waals surface area contributed by atoms with Crippen LogP contribution in [0.15, 0.2) is 23.3 Å². The topological polar surface area (TPSA) is 53.1 Å². The summed E-state index contributed by atoms with van der Waals surface area (Å²) in [6.07, 6.45) is 2.80. The zero-order chi connectivity index (χ0) is 10.7. The summed E-state index contributed by atoms with van der Waals surface area (Å²) >= 11 is 0. The molecule has 2 rings (SSSR count). The molecule has 0 radical (unpaired) electrons. The highest BCUT2D eigenvalue weighted by Gasteiger charge is 2.20. The molecule has 0 amide bonds. The number of fused-ring (bicyclic) bond motifs is 1. The molecule has 4 nitrogen and oxygen atoms in total. The van der Waals surface area contributed by atoms with Gasteiger partial charge in [-0.2, -0.15) is 0 Å². The largest absolute Gasteiger partial charge is 0.238 e. The highest BCUT2D eigenvalue weighted by molar-refractivity contribution is 5.57. The summed E-state index contributed by atoms with van der Waals surface area (Å²) in [6.45, 7) is 7.07. The molecule has 0 saturated heterocycles. The number of benzene rings is 1. The first kappa shape index (κ1) is 9.57. The molecule has 0 unspecified atom stereocenters. The van der Waals surface area contributed by atoms with E-state index in [0.29, 0.717) is 5.69 Å². The van der Waals surface area contributed by atoms with Crippen LogP contribution in [0.2, 0.25) is 0 Å². The van der Waals surface area contributed by atoms with Gasteiger partial charge in [-0.15, -0.1) is 0 Å². The van der Waals surface area contributed by atoms with Crippen LogP contribution in [0.1, 0.15) is 30.0 Å². The van der Waals surface area contributed by atoms with E-state index in [1.54, 1.807) is 0 Å². The van der Waals surface area contributed by atoms with Crippen molar-refractivity contribution in [3.8, 4) is 0 Å². The summed E-state index contributed by atoms with van der Waals surface area (Å²) in [4.78, 5) is 6.35. The van der Waals surface area contributed by atoms with Gasteiger partial charge in [-0.3, -0.25) is 0 Å². The van der Waals surface area contributed by atoms with Crippen molar-refractivity contribution in [3.05, 3.63) is 51.2 Å². The summed E-state index contributed by atoms with van der Waals surface area (Å²) in [5, 5.41) is 3.78.